The number of alkyl halides is 3. The molecule has 0 radical (unpaired) electrons. The largest absolute Gasteiger partial charge is 0.416 e. The van der Waals surface area contributed by atoms with Gasteiger partial charge in [-0.3, -0.25) is 4.79 Å². The highest BCUT2D eigenvalue weighted by Crippen LogP contribution is 2.30. The highest BCUT2D eigenvalue weighted by molar-refractivity contribution is 6.04. The molecule has 0 saturated heterocycles. The van der Waals surface area contributed by atoms with Gasteiger partial charge < -0.3 is 10.6 Å². The number of benzene rings is 2. The lowest BCUT2D eigenvalue weighted by Crippen LogP contribution is -2.13. The maximum absolute atomic E-state index is 13.7. The van der Waals surface area contributed by atoms with E-state index in [1.54, 1.807) is 0 Å². The third kappa shape index (κ3) is 4.61. The van der Waals surface area contributed by atoms with Crippen molar-refractivity contribution in [3.63, 3.8) is 0 Å². The summed E-state index contributed by atoms with van der Waals surface area (Å²) >= 11 is 0. The van der Waals surface area contributed by atoms with Crippen molar-refractivity contribution >= 4 is 23.1 Å². The van der Waals surface area contributed by atoms with E-state index >= 15 is 0 Å². The normalized spacial score (nSPS) is 11.2. The Labute approximate surface area is 156 Å². The van der Waals surface area contributed by atoms with Crippen molar-refractivity contribution < 1.29 is 26.7 Å². The summed E-state index contributed by atoms with van der Waals surface area (Å²) in [7, 11) is 0. The summed E-state index contributed by atoms with van der Waals surface area (Å²) in [5.41, 5.74) is -0.897. The number of aromatic nitrogens is 1. The molecule has 0 aliphatic carbocycles. The lowest BCUT2D eigenvalue weighted by molar-refractivity contribution is -0.137. The van der Waals surface area contributed by atoms with Gasteiger partial charge in [0.1, 0.15) is 17.5 Å². The van der Waals surface area contributed by atoms with Gasteiger partial charge in [-0.1, -0.05) is 6.07 Å². The molecule has 0 atom stereocenters. The molecule has 4 nitrogen and oxygen atoms in total. The number of anilines is 3. The highest BCUT2D eigenvalue weighted by atomic mass is 19.4. The number of hydrogen-bond donors (Lipinski definition) is 2. The first kappa shape index (κ1) is 19.3. The van der Waals surface area contributed by atoms with Crippen molar-refractivity contribution in [1.82, 2.24) is 4.98 Å². The van der Waals surface area contributed by atoms with Gasteiger partial charge in [-0.05, 0) is 42.5 Å². The van der Waals surface area contributed by atoms with Gasteiger partial charge in [-0.15, -0.1) is 0 Å². The van der Waals surface area contributed by atoms with Crippen molar-refractivity contribution in [1.29, 1.82) is 0 Å². The van der Waals surface area contributed by atoms with Crippen molar-refractivity contribution in [3.8, 4) is 0 Å². The van der Waals surface area contributed by atoms with Gasteiger partial charge in [-0.2, -0.15) is 13.2 Å². The van der Waals surface area contributed by atoms with Crippen LogP contribution >= 0.6 is 0 Å². The minimum absolute atomic E-state index is 0.0317. The van der Waals surface area contributed by atoms with Crippen LogP contribution in [0.25, 0.3) is 0 Å². The standard InChI is InChI=1S/C19H12F5N3O/c20-13-4-5-16(15(21)10-13)27-17-8-11(6-7-25-17)18(28)26-14-3-1-2-12(9-14)19(22,23)24/h1-10H,(H,25,27)(H,26,28). The molecule has 9 heteroatoms. The summed E-state index contributed by atoms with van der Waals surface area (Å²) < 4.78 is 65.0. The predicted octanol–water partition coefficient (Wildman–Crippen LogP) is 5.37. The number of halogens is 5. The van der Waals surface area contributed by atoms with E-state index in [-0.39, 0.29) is 22.8 Å². The van der Waals surface area contributed by atoms with Gasteiger partial charge in [0.15, 0.2) is 0 Å². The lowest BCUT2D eigenvalue weighted by Gasteiger charge is -2.11. The first-order valence-electron chi connectivity index (χ1n) is 7.89. The molecule has 0 aliphatic heterocycles. The number of carbonyl (C=O) groups is 1. The smallest absolute Gasteiger partial charge is 0.338 e. The van der Waals surface area contributed by atoms with Crippen LogP contribution in [0.15, 0.2) is 60.8 Å². The SMILES string of the molecule is O=C(Nc1cccc(C(F)(F)F)c1)c1ccnc(Nc2ccc(F)cc2F)c1. The molecule has 1 heterocycles. The van der Waals surface area contributed by atoms with E-state index in [2.05, 4.69) is 15.6 Å². The molecule has 2 aromatic carbocycles. The monoisotopic (exact) mass is 393 g/mol. The lowest BCUT2D eigenvalue weighted by atomic mass is 10.2. The zero-order valence-corrected chi connectivity index (χ0v) is 14.0. The van der Waals surface area contributed by atoms with Crippen LogP contribution in [0.2, 0.25) is 0 Å². The van der Waals surface area contributed by atoms with E-state index in [9.17, 15) is 26.7 Å². The van der Waals surface area contributed by atoms with Crippen molar-refractivity contribution in [3.05, 3.63) is 83.6 Å². The Hall–Kier alpha value is -3.49. The second kappa shape index (κ2) is 7.63. The number of carbonyl (C=O) groups excluding carboxylic acids is 1. The predicted molar refractivity (Wildman–Crippen MR) is 93.3 cm³/mol. The van der Waals surface area contributed by atoms with Gasteiger partial charge in [0.05, 0.1) is 11.3 Å². The quantitative estimate of drug-likeness (QED) is 0.586. The summed E-state index contributed by atoms with van der Waals surface area (Å²) in [6, 6.07) is 9.73. The van der Waals surface area contributed by atoms with Crippen molar-refractivity contribution in [2.45, 2.75) is 6.18 Å². The van der Waals surface area contributed by atoms with E-state index in [1.165, 1.54) is 36.5 Å². The second-order valence-electron chi connectivity index (χ2n) is 5.71. The first-order valence-corrected chi connectivity index (χ1v) is 7.89. The van der Waals surface area contributed by atoms with Gasteiger partial charge in [0.25, 0.3) is 5.91 Å². The summed E-state index contributed by atoms with van der Waals surface area (Å²) in [5, 5.41) is 4.97. The third-order valence-corrected chi connectivity index (χ3v) is 3.66. The minimum Gasteiger partial charge on any atom is -0.338 e. The minimum atomic E-state index is -4.53. The maximum Gasteiger partial charge on any atom is 0.416 e. The van der Waals surface area contributed by atoms with E-state index in [1.807, 2.05) is 0 Å². The van der Waals surface area contributed by atoms with Crippen LogP contribution in [-0.4, -0.2) is 10.9 Å². The molecule has 144 valence electrons. The zero-order valence-electron chi connectivity index (χ0n) is 14.0. The Morgan fingerprint density at radius 1 is 0.964 bits per heavy atom. The Morgan fingerprint density at radius 2 is 1.75 bits per heavy atom. The molecule has 28 heavy (non-hydrogen) atoms. The van der Waals surface area contributed by atoms with Crippen LogP contribution in [0.3, 0.4) is 0 Å². The molecule has 1 amide bonds. The van der Waals surface area contributed by atoms with E-state index in [4.69, 9.17) is 0 Å². The van der Waals surface area contributed by atoms with Gasteiger partial charge in [-0.25, -0.2) is 13.8 Å². The van der Waals surface area contributed by atoms with Crippen LogP contribution in [0.4, 0.5) is 39.1 Å². The average Bonchev–Trinajstić information content (AvgIpc) is 2.64. The fraction of sp³-hybridized carbons (Fsp3) is 0.0526. The Bertz CT molecular complexity index is 1020. The number of hydrogen-bond acceptors (Lipinski definition) is 3. The number of amides is 1. The van der Waals surface area contributed by atoms with E-state index in [0.717, 1.165) is 18.2 Å². The molecule has 0 bridgehead atoms. The number of rotatable bonds is 4. The molecular formula is C19H12F5N3O. The Balaban J connectivity index is 1.77. The zero-order chi connectivity index (χ0) is 20.3. The van der Waals surface area contributed by atoms with Crippen LogP contribution in [0, 0.1) is 11.6 Å². The average molecular weight is 393 g/mol. The summed E-state index contributed by atoms with van der Waals surface area (Å²) in [5.74, 6) is -2.17. The summed E-state index contributed by atoms with van der Waals surface area (Å²) in [6.07, 6.45) is -3.27. The molecular weight excluding hydrogens is 381 g/mol. The van der Waals surface area contributed by atoms with Gasteiger partial charge in [0, 0.05) is 23.5 Å². The number of nitrogens with one attached hydrogen (secondary N) is 2. The van der Waals surface area contributed by atoms with Crippen molar-refractivity contribution in [2.24, 2.45) is 0 Å². The van der Waals surface area contributed by atoms with Gasteiger partial charge in [0.2, 0.25) is 0 Å². The molecule has 0 saturated carbocycles. The molecule has 1 aromatic heterocycles. The summed E-state index contributed by atoms with van der Waals surface area (Å²) in [6.45, 7) is 0. The van der Waals surface area contributed by atoms with Crippen LogP contribution < -0.4 is 10.6 Å². The molecule has 0 spiro atoms. The van der Waals surface area contributed by atoms with Crippen LogP contribution in [-0.2, 0) is 6.18 Å². The topological polar surface area (TPSA) is 54.0 Å². The van der Waals surface area contributed by atoms with E-state index in [0.29, 0.717) is 6.07 Å². The number of pyridine rings is 1. The molecule has 0 unspecified atom stereocenters. The fourth-order valence-corrected chi connectivity index (χ4v) is 2.35. The van der Waals surface area contributed by atoms with Gasteiger partial charge >= 0.3 is 6.18 Å². The molecule has 3 rings (SSSR count). The fourth-order valence-electron chi connectivity index (χ4n) is 2.35. The Morgan fingerprint density at radius 3 is 2.46 bits per heavy atom. The highest BCUT2D eigenvalue weighted by Gasteiger charge is 2.30. The maximum atomic E-state index is 13.7. The molecule has 2 N–H and O–H groups in total. The van der Waals surface area contributed by atoms with E-state index < -0.39 is 29.3 Å². The van der Waals surface area contributed by atoms with Crippen LogP contribution in [0.1, 0.15) is 15.9 Å². The van der Waals surface area contributed by atoms with Crippen LogP contribution in [0.5, 0.6) is 0 Å². The summed E-state index contributed by atoms with van der Waals surface area (Å²) in [4.78, 5) is 16.3. The Kier molecular flexibility index (Phi) is 5.25. The number of nitrogens with zero attached hydrogens (tertiary/aromatic N) is 1. The second-order valence-corrected chi connectivity index (χ2v) is 5.71. The molecule has 0 aliphatic rings. The molecule has 3 aromatic rings. The third-order valence-electron chi connectivity index (χ3n) is 3.66. The molecule has 0 fully saturated rings. The first-order chi connectivity index (χ1) is 13.2. The van der Waals surface area contributed by atoms with Crippen molar-refractivity contribution in [2.75, 3.05) is 10.6 Å².